The van der Waals surface area contributed by atoms with Crippen molar-refractivity contribution in [2.75, 3.05) is 33.4 Å². The average molecular weight is 193 g/mol. The highest BCUT2D eigenvalue weighted by Crippen LogP contribution is 2.15. The maximum absolute atomic E-state index is 8.95. The second-order valence-corrected chi connectivity index (χ2v) is 3.01. The minimum absolute atomic E-state index is 0. The summed E-state index contributed by atoms with van der Waals surface area (Å²) in [4.78, 5) is 2.30. The molecule has 0 amide bonds. The molecule has 1 heterocycles. The molecule has 1 unspecified atom stereocenters. The Morgan fingerprint density at radius 3 is 2.92 bits per heavy atom. The molecule has 4 heteroatoms. The fraction of sp³-hybridized carbons (Fsp3) is 1.00. The van der Waals surface area contributed by atoms with E-state index >= 15 is 0 Å². The van der Waals surface area contributed by atoms with Crippen LogP contribution in [0.2, 0.25) is 0 Å². The van der Waals surface area contributed by atoms with Crippen molar-refractivity contribution in [2.24, 2.45) is 0 Å². The molecule has 0 bridgehead atoms. The van der Waals surface area contributed by atoms with E-state index in [0.717, 1.165) is 26.1 Å². The lowest BCUT2D eigenvalue weighted by molar-refractivity contribution is 0.113. The molecule has 0 aromatic rings. The Morgan fingerprint density at radius 1 is 1.58 bits per heavy atom. The topological polar surface area (TPSA) is 32.7 Å². The Balaban J connectivity index is 0.00000121. The number of ether oxygens (including phenoxy) is 1. The van der Waals surface area contributed by atoms with Gasteiger partial charge in [-0.1, -0.05) is 0 Å². The summed E-state index contributed by atoms with van der Waals surface area (Å²) in [7, 11) is 1.71. The molecule has 12 heavy (non-hydrogen) atoms. The summed E-state index contributed by atoms with van der Waals surface area (Å²) >= 11 is 0. The lowest BCUT2D eigenvalue weighted by atomic mass is 10.2. The molecule has 1 aliphatic heterocycles. The lowest BCUT2D eigenvalue weighted by Crippen LogP contribution is -2.34. The summed E-state index contributed by atoms with van der Waals surface area (Å²) < 4.78 is 4.97. The summed E-state index contributed by atoms with van der Waals surface area (Å²) in [6, 6.07) is 0.394. The Kier molecular flexibility index (Phi) is 6.84. The summed E-state index contributed by atoms with van der Waals surface area (Å²) in [5.74, 6) is 0. The molecule has 0 aromatic heterocycles. The lowest BCUT2D eigenvalue weighted by Gasteiger charge is -2.21. The third kappa shape index (κ3) is 3.31. The Bertz CT molecular complexity index is 113. The van der Waals surface area contributed by atoms with Gasteiger partial charge in [0, 0.05) is 19.7 Å². The van der Waals surface area contributed by atoms with Crippen LogP contribution in [0, 0.1) is 0 Å². The van der Waals surface area contributed by atoms with Gasteiger partial charge in [-0.15, -0.1) is 0 Å². The van der Waals surface area contributed by atoms with Gasteiger partial charge in [0.15, 0.2) is 0 Å². The van der Waals surface area contributed by atoms with Crippen molar-refractivity contribution in [3.63, 3.8) is 0 Å². The third-order valence-electron chi connectivity index (χ3n) is 2.29. The Labute approximate surface area is 81.1 Å². The van der Waals surface area contributed by atoms with E-state index in [-0.39, 0.29) is 13.5 Å². The quantitative estimate of drug-likeness (QED) is 0.692. The van der Waals surface area contributed by atoms with Crippen LogP contribution in [0.25, 0.3) is 0 Å². The first-order valence-corrected chi connectivity index (χ1v) is 4.22. The molecule has 0 spiro atoms. The van der Waals surface area contributed by atoms with Crippen LogP contribution in [0.5, 0.6) is 0 Å². The average Bonchev–Trinajstić information content (AvgIpc) is 2.47. The molecule has 1 atom stereocenters. The third-order valence-corrected chi connectivity index (χ3v) is 2.29. The highest BCUT2D eigenvalue weighted by Gasteiger charge is 2.22. The number of likely N-dealkylation sites (tertiary alicyclic amines) is 1. The fourth-order valence-corrected chi connectivity index (χ4v) is 1.60. The summed E-state index contributed by atoms with van der Waals surface area (Å²) in [6.45, 7) is 3.15. The predicted octanol–water partition coefficient (Wildman–Crippen LogP) is 0.202. The van der Waals surface area contributed by atoms with E-state index in [1.807, 2.05) is 0 Å². The molecule has 0 aliphatic carbocycles. The molecule has 3 nitrogen and oxygen atoms in total. The van der Waals surface area contributed by atoms with Crippen molar-refractivity contribution in [3.8, 4) is 0 Å². The number of hydrogen-bond donors (Lipinski definition) is 1. The largest absolute Gasteiger partial charge is 0.395 e. The van der Waals surface area contributed by atoms with Crippen LogP contribution in [0.3, 0.4) is 0 Å². The van der Waals surface area contributed by atoms with E-state index in [9.17, 15) is 0 Å². The highest BCUT2D eigenvalue weighted by atomic mass is 32.1. The van der Waals surface area contributed by atoms with Gasteiger partial charge < -0.3 is 9.84 Å². The SMILES string of the molecule is COCCN1CCCC1CO.S. The van der Waals surface area contributed by atoms with E-state index < -0.39 is 0 Å². The predicted molar refractivity (Wildman–Crippen MR) is 53.9 cm³/mol. The van der Waals surface area contributed by atoms with Gasteiger partial charge in [-0.3, -0.25) is 4.90 Å². The van der Waals surface area contributed by atoms with Crippen molar-refractivity contribution < 1.29 is 9.84 Å². The number of rotatable bonds is 4. The molecule has 1 fully saturated rings. The first kappa shape index (κ1) is 12.2. The molecule has 1 aliphatic rings. The van der Waals surface area contributed by atoms with Gasteiger partial charge in [0.25, 0.3) is 0 Å². The van der Waals surface area contributed by atoms with E-state index in [2.05, 4.69) is 4.90 Å². The van der Waals surface area contributed by atoms with E-state index in [1.54, 1.807) is 7.11 Å². The normalized spacial score (nSPS) is 24.0. The summed E-state index contributed by atoms with van der Waals surface area (Å²) in [5, 5.41) is 8.95. The van der Waals surface area contributed by atoms with Crippen molar-refractivity contribution in [3.05, 3.63) is 0 Å². The molecule has 1 saturated heterocycles. The van der Waals surface area contributed by atoms with Crippen LogP contribution in [-0.4, -0.2) is 49.5 Å². The van der Waals surface area contributed by atoms with E-state index in [4.69, 9.17) is 9.84 Å². The monoisotopic (exact) mass is 193 g/mol. The fourth-order valence-electron chi connectivity index (χ4n) is 1.60. The maximum Gasteiger partial charge on any atom is 0.0589 e. The van der Waals surface area contributed by atoms with Crippen LogP contribution < -0.4 is 0 Å². The highest BCUT2D eigenvalue weighted by molar-refractivity contribution is 7.59. The zero-order valence-electron chi connectivity index (χ0n) is 7.62. The van der Waals surface area contributed by atoms with Crippen LogP contribution in [0.4, 0.5) is 0 Å². The number of nitrogens with zero attached hydrogens (tertiary/aromatic N) is 1. The second kappa shape index (κ2) is 6.71. The molecular weight excluding hydrogens is 174 g/mol. The Morgan fingerprint density at radius 2 is 2.33 bits per heavy atom. The first-order chi connectivity index (χ1) is 5.38. The number of aliphatic hydroxyl groups is 1. The summed E-state index contributed by atoms with van der Waals surface area (Å²) in [5.41, 5.74) is 0. The zero-order valence-corrected chi connectivity index (χ0v) is 8.62. The standard InChI is InChI=1S/C8H17NO2.H2S/c1-11-6-5-9-4-2-3-8(9)7-10;/h8,10H,2-7H2,1H3;1H2. The van der Waals surface area contributed by atoms with E-state index in [0.29, 0.717) is 12.6 Å². The van der Waals surface area contributed by atoms with Gasteiger partial charge in [0.2, 0.25) is 0 Å². The minimum atomic E-state index is 0. The molecule has 0 aromatic carbocycles. The van der Waals surface area contributed by atoms with Crippen LogP contribution in [0.1, 0.15) is 12.8 Å². The van der Waals surface area contributed by atoms with Gasteiger partial charge >= 0.3 is 0 Å². The molecule has 74 valence electrons. The van der Waals surface area contributed by atoms with Crippen molar-refractivity contribution in [1.29, 1.82) is 0 Å². The molecule has 1 N–H and O–H groups in total. The van der Waals surface area contributed by atoms with Crippen LogP contribution in [-0.2, 0) is 4.74 Å². The van der Waals surface area contributed by atoms with Crippen molar-refractivity contribution in [2.45, 2.75) is 18.9 Å². The molecular formula is C8H19NO2S. The second-order valence-electron chi connectivity index (χ2n) is 3.01. The van der Waals surface area contributed by atoms with Gasteiger partial charge in [0.1, 0.15) is 0 Å². The first-order valence-electron chi connectivity index (χ1n) is 4.22. The van der Waals surface area contributed by atoms with Gasteiger partial charge in [0.05, 0.1) is 13.2 Å². The molecule has 1 rings (SSSR count). The summed E-state index contributed by atoms with van der Waals surface area (Å²) in [6.07, 6.45) is 2.36. The van der Waals surface area contributed by atoms with Gasteiger partial charge in [-0.2, -0.15) is 13.5 Å². The molecule has 0 radical (unpaired) electrons. The van der Waals surface area contributed by atoms with Crippen molar-refractivity contribution >= 4 is 13.5 Å². The Hall–Kier alpha value is 0.230. The van der Waals surface area contributed by atoms with Gasteiger partial charge in [-0.25, -0.2) is 0 Å². The zero-order chi connectivity index (χ0) is 8.10. The number of methoxy groups -OCH3 is 1. The van der Waals surface area contributed by atoms with Crippen molar-refractivity contribution in [1.82, 2.24) is 4.90 Å². The van der Waals surface area contributed by atoms with Crippen LogP contribution >= 0.6 is 13.5 Å². The van der Waals surface area contributed by atoms with E-state index in [1.165, 1.54) is 6.42 Å². The number of aliphatic hydroxyl groups excluding tert-OH is 1. The number of hydrogen-bond acceptors (Lipinski definition) is 3. The minimum Gasteiger partial charge on any atom is -0.395 e. The smallest absolute Gasteiger partial charge is 0.0589 e. The van der Waals surface area contributed by atoms with Gasteiger partial charge in [-0.05, 0) is 19.4 Å². The van der Waals surface area contributed by atoms with Crippen LogP contribution in [0.15, 0.2) is 0 Å². The molecule has 0 saturated carbocycles. The maximum atomic E-state index is 8.95.